The van der Waals surface area contributed by atoms with E-state index in [0.29, 0.717) is 35.4 Å². The van der Waals surface area contributed by atoms with Crippen molar-refractivity contribution in [3.8, 4) is 28.5 Å². The summed E-state index contributed by atoms with van der Waals surface area (Å²) in [5.74, 6) is 1.39. The molecule has 2 fully saturated rings. The van der Waals surface area contributed by atoms with Gasteiger partial charge in [-0.1, -0.05) is 0 Å². The van der Waals surface area contributed by atoms with E-state index in [2.05, 4.69) is 42.4 Å². The minimum absolute atomic E-state index is 0.490. The Morgan fingerprint density at radius 2 is 1.71 bits per heavy atom. The van der Waals surface area contributed by atoms with Crippen molar-refractivity contribution in [2.75, 3.05) is 19.1 Å². The second kappa shape index (κ2) is 8.19. The lowest BCUT2D eigenvalue weighted by Crippen LogP contribution is -2.47. The Balaban J connectivity index is 1.36. The average molecular weight is 418 g/mol. The SMILES string of the molecule is COc1nc(-c2ccc(N(C)C3CC4CCC(C3)N4)nn2)ccc1-c1cnc(C)cn1. The highest BCUT2D eigenvalue weighted by molar-refractivity contribution is 5.68. The zero-order valence-corrected chi connectivity index (χ0v) is 18.1. The number of nitrogens with zero attached hydrogens (tertiary/aromatic N) is 6. The van der Waals surface area contributed by atoms with Crippen LogP contribution in [0.4, 0.5) is 5.82 Å². The van der Waals surface area contributed by atoms with Crippen LogP contribution in [0.15, 0.2) is 36.7 Å². The molecule has 2 saturated heterocycles. The highest BCUT2D eigenvalue weighted by Gasteiger charge is 2.35. The number of ether oxygens (including phenoxy) is 1. The van der Waals surface area contributed by atoms with Gasteiger partial charge in [-0.15, -0.1) is 10.2 Å². The van der Waals surface area contributed by atoms with Crippen LogP contribution in [0, 0.1) is 6.92 Å². The second-order valence-corrected chi connectivity index (χ2v) is 8.45. The first-order valence-corrected chi connectivity index (χ1v) is 10.8. The van der Waals surface area contributed by atoms with Gasteiger partial charge in [0.2, 0.25) is 5.88 Å². The van der Waals surface area contributed by atoms with Crippen LogP contribution >= 0.6 is 0 Å². The van der Waals surface area contributed by atoms with E-state index < -0.39 is 0 Å². The summed E-state index contributed by atoms with van der Waals surface area (Å²) in [4.78, 5) is 15.7. The number of aromatic nitrogens is 5. The van der Waals surface area contributed by atoms with E-state index in [4.69, 9.17) is 4.74 Å². The van der Waals surface area contributed by atoms with E-state index >= 15 is 0 Å². The first-order chi connectivity index (χ1) is 15.1. The summed E-state index contributed by atoms with van der Waals surface area (Å²) in [5, 5.41) is 12.6. The molecule has 0 radical (unpaired) electrons. The minimum Gasteiger partial charge on any atom is -0.480 e. The van der Waals surface area contributed by atoms with Crippen LogP contribution in [-0.2, 0) is 0 Å². The molecule has 2 aliphatic heterocycles. The number of hydrogen-bond donors (Lipinski definition) is 1. The monoisotopic (exact) mass is 417 g/mol. The molecule has 3 aromatic rings. The number of methoxy groups -OCH3 is 1. The zero-order valence-electron chi connectivity index (χ0n) is 18.1. The zero-order chi connectivity index (χ0) is 21.4. The third-order valence-corrected chi connectivity index (χ3v) is 6.38. The number of hydrogen-bond acceptors (Lipinski definition) is 8. The molecule has 0 aromatic carbocycles. The fraction of sp³-hybridized carbons (Fsp3) is 0.435. The predicted molar refractivity (Wildman–Crippen MR) is 119 cm³/mol. The van der Waals surface area contributed by atoms with E-state index in [1.807, 2.05) is 31.2 Å². The molecule has 2 atom stereocenters. The minimum atomic E-state index is 0.490. The summed E-state index contributed by atoms with van der Waals surface area (Å²) in [6.07, 6.45) is 8.37. The Morgan fingerprint density at radius 3 is 2.35 bits per heavy atom. The average Bonchev–Trinajstić information content (AvgIpc) is 3.16. The van der Waals surface area contributed by atoms with Gasteiger partial charge in [-0.2, -0.15) is 0 Å². The van der Waals surface area contributed by atoms with Crippen LogP contribution in [0.1, 0.15) is 31.4 Å². The third-order valence-electron chi connectivity index (χ3n) is 6.38. The van der Waals surface area contributed by atoms with Gasteiger partial charge in [0, 0.05) is 31.4 Å². The lowest BCUT2D eigenvalue weighted by Gasteiger charge is -2.36. The molecule has 0 spiro atoms. The van der Waals surface area contributed by atoms with Crippen molar-refractivity contribution in [1.29, 1.82) is 0 Å². The van der Waals surface area contributed by atoms with Gasteiger partial charge < -0.3 is 15.0 Å². The summed E-state index contributed by atoms with van der Waals surface area (Å²) in [7, 11) is 3.73. The first kappa shape index (κ1) is 19.8. The standard InChI is InChI=1S/C23H27N7O/c1-14-12-25-21(13-24-14)18-6-7-19(27-23(18)31-3)20-8-9-22(29-28-20)30(2)17-10-15-4-5-16(11-17)26-15/h6-9,12-13,15-17,26H,4-5,10-11H2,1-3H3. The van der Waals surface area contributed by atoms with Crippen LogP contribution in [-0.4, -0.2) is 57.4 Å². The maximum Gasteiger partial charge on any atom is 0.223 e. The molecular formula is C23H27N7O. The first-order valence-electron chi connectivity index (χ1n) is 10.8. The number of rotatable bonds is 5. The Labute approximate surface area is 182 Å². The quantitative estimate of drug-likeness (QED) is 0.678. The third kappa shape index (κ3) is 3.95. The van der Waals surface area contributed by atoms with E-state index in [0.717, 1.165) is 22.8 Å². The van der Waals surface area contributed by atoms with Crippen molar-refractivity contribution in [1.82, 2.24) is 30.5 Å². The summed E-state index contributed by atoms with van der Waals surface area (Å²) >= 11 is 0. The Bertz CT molecular complexity index is 1040. The number of fused-ring (bicyclic) bond motifs is 2. The fourth-order valence-electron chi connectivity index (χ4n) is 4.65. The van der Waals surface area contributed by atoms with Gasteiger partial charge in [0.15, 0.2) is 5.82 Å². The van der Waals surface area contributed by atoms with Gasteiger partial charge in [0.25, 0.3) is 0 Å². The summed E-state index contributed by atoms with van der Waals surface area (Å²) in [6.45, 7) is 1.91. The number of pyridine rings is 1. The van der Waals surface area contributed by atoms with Crippen molar-refractivity contribution in [2.45, 2.75) is 50.7 Å². The maximum atomic E-state index is 5.52. The molecule has 3 aromatic heterocycles. The van der Waals surface area contributed by atoms with Gasteiger partial charge in [-0.3, -0.25) is 9.97 Å². The second-order valence-electron chi connectivity index (χ2n) is 8.45. The van der Waals surface area contributed by atoms with Crippen LogP contribution in [0.25, 0.3) is 22.6 Å². The van der Waals surface area contributed by atoms with E-state index in [9.17, 15) is 0 Å². The largest absolute Gasteiger partial charge is 0.480 e. The molecule has 1 N–H and O–H groups in total. The molecule has 0 aliphatic carbocycles. The van der Waals surface area contributed by atoms with Gasteiger partial charge >= 0.3 is 0 Å². The normalized spacial score (nSPS) is 22.4. The van der Waals surface area contributed by atoms with Gasteiger partial charge in [-0.05, 0) is 56.9 Å². The molecule has 8 nitrogen and oxygen atoms in total. The molecule has 31 heavy (non-hydrogen) atoms. The van der Waals surface area contributed by atoms with Crippen LogP contribution in [0.5, 0.6) is 5.88 Å². The smallest absolute Gasteiger partial charge is 0.223 e. The highest BCUT2D eigenvalue weighted by Crippen LogP contribution is 2.32. The molecule has 0 saturated carbocycles. The highest BCUT2D eigenvalue weighted by atomic mass is 16.5. The van der Waals surface area contributed by atoms with Crippen LogP contribution in [0.2, 0.25) is 0 Å². The molecule has 2 aliphatic rings. The molecule has 160 valence electrons. The summed E-state index contributed by atoms with van der Waals surface area (Å²) in [5.41, 5.74) is 3.80. The van der Waals surface area contributed by atoms with Crippen molar-refractivity contribution < 1.29 is 4.74 Å². The number of anilines is 1. The lowest BCUT2D eigenvalue weighted by atomic mass is 9.98. The van der Waals surface area contributed by atoms with E-state index in [1.165, 1.54) is 25.7 Å². The summed E-state index contributed by atoms with van der Waals surface area (Å²) < 4.78 is 5.52. The van der Waals surface area contributed by atoms with Crippen LogP contribution < -0.4 is 15.0 Å². The summed E-state index contributed by atoms with van der Waals surface area (Å²) in [6, 6.07) is 9.65. The molecule has 8 heteroatoms. The molecule has 0 amide bonds. The number of aryl methyl sites for hydroxylation is 1. The molecule has 5 rings (SSSR count). The van der Waals surface area contributed by atoms with Gasteiger partial charge in [0.1, 0.15) is 5.69 Å². The number of nitrogens with one attached hydrogen (secondary N) is 1. The predicted octanol–water partition coefficient (Wildman–Crippen LogP) is 3.03. The van der Waals surface area contributed by atoms with Crippen molar-refractivity contribution >= 4 is 5.82 Å². The lowest BCUT2D eigenvalue weighted by molar-refractivity contribution is 0.353. The maximum absolute atomic E-state index is 5.52. The molecule has 2 unspecified atom stereocenters. The van der Waals surface area contributed by atoms with Crippen LogP contribution in [0.3, 0.4) is 0 Å². The van der Waals surface area contributed by atoms with Gasteiger partial charge in [-0.25, -0.2) is 4.98 Å². The Kier molecular flexibility index (Phi) is 5.23. The van der Waals surface area contributed by atoms with Crippen molar-refractivity contribution in [3.05, 3.63) is 42.4 Å². The Morgan fingerprint density at radius 1 is 0.935 bits per heavy atom. The van der Waals surface area contributed by atoms with Crippen molar-refractivity contribution in [2.24, 2.45) is 0 Å². The van der Waals surface area contributed by atoms with Crippen molar-refractivity contribution in [3.63, 3.8) is 0 Å². The number of piperidine rings is 1. The fourth-order valence-corrected chi connectivity index (χ4v) is 4.65. The molecule has 5 heterocycles. The Hall–Kier alpha value is -3.13. The van der Waals surface area contributed by atoms with Gasteiger partial charge in [0.05, 0.1) is 36.0 Å². The topological polar surface area (TPSA) is 89.0 Å². The van der Waals surface area contributed by atoms with E-state index in [-0.39, 0.29) is 0 Å². The molecular weight excluding hydrogens is 390 g/mol. The van der Waals surface area contributed by atoms with E-state index in [1.54, 1.807) is 19.5 Å². The molecule has 2 bridgehead atoms.